The molecule has 2 heterocycles. The molecule has 0 aliphatic heterocycles. The van der Waals surface area contributed by atoms with E-state index in [-0.39, 0.29) is 107 Å². The van der Waals surface area contributed by atoms with E-state index >= 15 is 0 Å². The van der Waals surface area contributed by atoms with Crippen molar-refractivity contribution in [1.29, 1.82) is 0 Å². The molecule has 0 saturated heterocycles. The Kier molecular flexibility index (Phi) is 22.5. The van der Waals surface area contributed by atoms with Crippen LogP contribution in [0.1, 0.15) is 24.0 Å². The van der Waals surface area contributed by atoms with E-state index in [1.54, 1.807) is 0 Å². The lowest BCUT2D eigenvalue weighted by atomic mass is 10.1. The lowest BCUT2D eigenvalue weighted by molar-refractivity contribution is -0.432. The van der Waals surface area contributed by atoms with Crippen molar-refractivity contribution >= 4 is 147 Å². The van der Waals surface area contributed by atoms with Crippen molar-refractivity contribution < 1.29 is 101 Å². The maximum Gasteiger partial charge on any atom is 0.296 e. The highest BCUT2D eigenvalue weighted by Gasteiger charge is 2.24. The standard InChI is InChI=1S/C42H46N14O22S6/c43-35(59)11-13-55(15-17-57)41-52-38(49-39(53-41)47-29-21-27(81(63,64)65)7-9-31(29)79-77-75-61)46-26-6-4-24(34(20-26)84(72,73)74)2-1-23-3-5-25(19-32(23)80-78-76-62)45-37-50-40(54-42(51-37)56(16-18-58)14-12-36(44)60)48-30-22-28(82(66,67)68)8-10-33(30)83(69,70)71/h1-10,19-22,57-58,61-62H,11-18H2,(H2,43,59)(H2,44,60)(H,63,64,65)(H,66,67,68)(H,69,70,71)(H,72,73,74)(H2,45,48,50,51,54)(H2,46,47,49,52,53)/b2-1+. The third-order valence-corrected chi connectivity index (χ3v) is 15.5. The maximum atomic E-state index is 13.0. The molecule has 0 bridgehead atoms. The van der Waals surface area contributed by atoms with Crippen LogP contribution in [-0.2, 0) is 68.8 Å². The van der Waals surface area contributed by atoms with Crippen molar-refractivity contribution in [2.24, 2.45) is 11.5 Å². The minimum Gasteiger partial charge on any atom is -0.395 e. The molecule has 16 N–H and O–H groups in total. The van der Waals surface area contributed by atoms with Gasteiger partial charge in [-0.1, -0.05) is 34.4 Å². The quantitative estimate of drug-likeness (QED) is 0.00948. The second-order valence-corrected chi connectivity index (χ2v) is 23.5. The van der Waals surface area contributed by atoms with Gasteiger partial charge in [0.25, 0.3) is 40.5 Å². The number of nitrogens with one attached hydrogen (secondary N) is 4. The van der Waals surface area contributed by atoms with E-state index in [2.05, 4.69) is 65.6 Å². The van der Waals surface area contributed by atoms with Crippen LogP contribution in [0.5, 0.6) is 0 Å². The van der Waals surface area contributed by atoms with Gasteiger partial charge in [-0.2, -0.15) is 63.6 Å². The second kappa shape index (κ2) is 28.8. The summed E-state index contributed by atoms with van der Waals surface area (Å²) >= 11 is 0.786. The first-order valence-electron chi connectivity index (χ1n) is 22.9. The van der Waals surface area contributed by atoms with Crippen LogP contribution in [0.25, 0.3) is 12.2 Å². The first kappa shape index (κ1) is 65.6. The Hall–Kier alpha value is -7.60. The second-order valence-electron chi connectivity index (χ2n) is 16.4. The molecule has 0 fully saturated rings. The molecule has 6 aromatic rings. The van der Waals surface area contributed by atoms with Gasteiger partial charge in [0.1, 0.15) is 9.79 Å². The summed E-state index contributed by atoms with van der Waals surface area (Å²) in [5, 5.41) is 55.8. The van der Waals surface area contributed by atoms with Gasteiger partial charge in [-0.25, -0.2) is 10.5 Å². The molecular weight excluding hydrogens is 1240 g/mol. The van der Waals surface area contributed by atoms with Crippen LogP contribution in [0.2, 0.25) is 0 Å². The number of nitrogens with two attached hydrogens (primary N) is 2. The summed E-state index contributed by atoms with van der Waals surface area (Å²) in [5.41, 5.74) is 9.98. The number of primary amides is 2. The molecule has 84 heavy (non-hydrogen) atoms. The number of hydrogen-bond acceptors (Lipinski definition) is 32. The molecule has 6 rings (SSSR count). The van der Waals surface area contributed by atoms with Crippen molar-refractivity contribution in [3.05, 3.63) is 83.9 Å². The van der Waals surface area contributed by atoms with E-state index in [1.807, 2.05) is 0 Å². The minimum absolute atomic E-state index is 0.0256. The summed E-state index contributed by atoms with van der Waals surface area (Å²) in [6, 6.07) is 12.8. The fourth-order valence-electron chi connectivity index (χ4n) is 7.00. The Balaban J connectivity index is 1.37. The normalized spacial score (nSPS) is 12.0. The fraction of sp³-hybridized carbons (Fsp3) is 0.190. The summed E-state index contributed by atoms with van der Waals surface area (Å²) in [6.45, 7) is -1.74. The fourth-order valence-corrected chi connectivity index (χ4v) is 10.3. The zero-order valence-corrected chi connectivity index (χ0v) is 47.1. The van der Waals surface area contributed by atoms with Crippen LogP contribution in [0.4, 0.5) is 58.4 Å². The SMILES string of the molecule is NC(=O)CCN(CCO)c1nc(Nc2ccc(/C=C/c3ccc(Nc4nc(Nc5cc(S(=O)(=O)O)ccc5S(=O)(=O)O)nc(N(CCO)CCC(N)=O)n4)cc3SOOO)c(S(=O)(=O)O)c2)nc(Nc2cc(S(=O)(=O)O)ccc2SOOO)n1. The van der Waals surface area contributed by atoms with E-state index in [0.717, 1.165) is 24.3 Å². The Morgan fingerprint density at radius 1 is 0.500 bits per heavy atom. The van der Waals surface area contributed by atoms with Gasteiger partial charge in [-0.15, -0.1) is 8.67 Å². The van der Waals surface area contributed by atoms with Crippen molar-refractivity contribution in [3.63, 3.8) is 0 Å². The van der Waals surface area contributed by atoms with Crippen LogP contribution in [0, 0.1) is 0 Å². The van der Waals surface area contributed by atoms with Crippen molar-refractivity contribution in [2.45, 2.75) is 42.2 Å². The number of nitrogens with zero attached hydrogens (tertiary/aromatic N) is 8. The highest BCUT2D eigenvalue weighted by Crippen LogP contribution is 2.35. The molecule has 2 amide bonds. The maximum absolute atomic E-state index is 13.0. The Morgan fingerprint density at radius 2 is 0.929 bits per heavy atom. The molecule has 36 nitrogen and oxygen atoms in total. The number of hydrogen-bond donors (Lipinski definition) is 14. The van der Waals surface area contributed by atoms with E-state index in [9.17, 15) is 71.7 Å². The number of benzene rings is 4. The van der Waals surface area contributed by atoms with Gasteiger partial charge in [0.05, 0.1) is 63.4 Å². The lowest BCUT2D eigenvalue weighted by Gasteiger charge is -2.22. The highest BCUT2D eigenvalue weighted by atomic mass is 32.2. The van der Waals surface area contributed by atoms with Crippen molar-refractivity contribution in [1.82, 2.24) is 29.9 Å². The molecule has 0 spiro atoms. The molecule has 0 aliphatic carbocycles. The van der Waals surface area contributed by atoms with Gasteiger partial charge < -0.3 is 52.7 Å². The summed E-state index contributed by atoms with van der Waals surface area (Å²) in [6.07, 6.45) is 2.04. The van der Waals surface area contributed by atoms with E-state index in [4.69, 9.17) is 26.3 Å². The van der Waals surface area contributed by atoms with Gasteiger partial charge in [-0.05, 0) is 71.8 Å². The smallest absolute Gasteiger partial charge is 0.296 e. The summed E-state index contributed by atoms with van der Waals surface area (Å²) in [5.74, 6) is -3.67. The van der Waals surface area contributed by atoms with Gasteiger partial charge in [0, 0.05) is 55.3 Å². The van der Waals surface area contributed by atoms with E-state index < -0.39 is 96.7 Å². The lowest BCUT2D eigenvalue weighted by Crippen LogP contribution is -2.32. The molecule has 0 saturated carbocycles. The average molecular weight is 1290 g/mol. The van der Waals surface area contributed by atoms with Gasteiger partial charge in [0.15, 0.2) is 0 Å². The predicted octanol–water partition coefficient (Wildman–Crippen LogP) is 2.39. The predicted molar refractivity (Wildman–Crippen MR) is 294 cm³/mol. The first-order chi connectivity index (χ1) is 39.6. The monoisotopic (exact) mass is 1290 g/mol. The number of carbonyl (C=O) groups is 2. The largest absolute Gasteiger partial charge is 0.395 e. The highest BCUT2D eigenvalue weighted by molar-refractivity contribution is 7.95. The molecular formula is C42H46N14O22S6. The summed E-state index contributed by atoms with van der Waals surface area (Å²) in [4.78, 5) is 48.9. The number of amides is 2. The van der Waals surface area contributed by atoms with Crippen molar-refractivity contribution in [3.8, 4) is 0 Å². The van der Waals surface area contributed by atoms with Crippen molar-refractivity contribution in [2.75, 3.05) is 70.5 Å². The van der Waals surface area contributed by atoms with Crippen LogP contribution >= 0.6 is 24.1 Å². The molecule has 0 unspecified atom stereocenters. The third-order valence-electron chi connectivity index (χ3n) is 10.6. The zero-order chi connectivity index (χ0) is 61.6. The molecule has 0 atom stereocenters. The summed E-state index contributed by atoms with van der Waals surface area (Å²) < 4.78 is 148. The number of aliphatic hydroxyl groups excluding tert-OH is 2. The molecule has 452 valence electrons. The topological polar surface area (TPSA) is 553 Å². The molecule has 2 aromatic heterocycles. The zero-order valence-electron chi connectivity index (χ0n) is 42.2. The van der Waals surface area contributed by atoms with Crippen LogP contribution in [-0.4, -0.2) is 154 Å². The molecule has 4 aromatic carbocycles. The van der Waals surface area contributed by atoms with E-state index in [1.165, 1.54) is 52.3 Å². The van der Waals surface area contributed by atoms with Gasteiger partial charge in [-0.3, -0.25) is 27.8 Å². The van der Waals surface area contributed by atoms with Gasteiger partial charge in [0.2, 0.25) is 47.5 Å². The third kappa shape index (κ3) is 19.0. The number of carbonyl (C=O) groups excluding carboxylic acids is 2. The number of aromatic nitrogens is 6. The number of anilines is 10. The first-order valence-corrected chi connectivity index (χ1v) is 30.1. The molecule has 0 radical (unpaired) electrons. The average Bonchev–Trinajstić information content (AvgIpc) is 2.20. The molecule has 0 aliphatic rings. The van der Waals surface area contributed by atoms with Crippen LogP contribution in [0.3, 0.4) is 0 Å². The van der Waals surface area contributed by atoms with Crippen LogP contribution < -0.4 is 42.5 Å². The van der Waals surface area contributed by atoms with Crippen LogP contribution in [0.15, 0.2) is 102 Å². The minimum atomic E-state index is -5.09. The Labute approximate surface area is 483 Å². The van der Waals surface area contributed by atoms with Gasteiger partial charge >= 0.3 is 0 Å². The number of aliphatic hydroxyl groups is 2. The molecule has 42 heteroatoms. The summed E-state index contributed by atoms with van der Waals surface area (Å²) in [7, 11) is -19.9. The number of rotatable bonds is 32. The Morgan fingerprint density at radius 3 is 1.39 bits per heavy atom. The van der Waals surface area contributed by atoms with E-state index in [0.29, 0.717) is 42.3 Å². The Bertz CT molecular complexity index is 3890.